The highest BCUT2D eigenvalue weighted by Gasteiger charge is 2.00. The highest BCUT2D eigenvalue weighted by atomic mass is 16.5. The Morgan fingerprint density at radius 3 is 2.81 bits per heavy atom. The molecule has 0 amide bonds. The molecule has 2 rings (SSSR count). The van der Waals surface area contributed by atoms with Crippen LogP contribution in [0.15, 0.2) is 34.9 Å². The third-order valence-electron chi connectivity index (χ3n) is 1.92. The van der Waals surface area contributed by atoms with Crippen molar-refractivity contribution in [3.05, 3.63) is 36.2 Å². The molecule has 84 valence electrons. The fourth-order valence-electron chi connectivity index (χ4n) is 1.21. The molecule has 1 aromatic heterocycles. The topological polar surface area (TPSA) is 60.2 Å². The van der Waals surface area contributed by atoms with Crippen LogP contribution in [-0.2, 0) is 0 Å². The second kappa shape index (κ2) is 5.16. The lowest BCUT2D eigenvalue weighted by Gasteiger charge is -2.05. The van der Waals surface area contributed by atoms with Crippen LogP contribution in [-0.4, -0.2) is 23.3 Å². The summed E-state index contributed by atoms with van der Waals surface area (Å²) in [6.07, 6.45) is 0. The zero-order valence-electron chi connectivity index (χ0n) is 9.01. The van der Waals surface area contributed by atoms with Gasteiger partial charge in [-0.15, -0.1) is 0 Å². The Morgan fingerprint density at radius 2 is 2.12 bits per heavy atom. The first-order valence-electron chi connectivity index (χ1n) is 5.06. The molecule has 1 aromatic carbocycles. The molecule has 0 aliphatic heterocycles. The van der Waals surface area contributed by atoms with Crippen molar-refractivity contribution in [2.75, 3.05) is 18.5 Å². The number of nitrogens with zero attached hydrogens (tertiary/aromatic N) is 2. The van der Waals surface area contributed by atoms with Crippen molar-refractivity contribution >= 4 is 6.01 Å². The first-order chi connectivity index (χ1) is 7.84. The maximum absolute atomic E-state index is 5.48. The monoisotopic (exact) mass is 219 g/mol. The first kappa shape index (κ1) is 10.5. The molecule has 1 heterocycles. The zero-order chi connectivity index (χ0) is 11.2. The molecule has 0 spiro atoms. The molecule has 0 radical (unpaired) electrons. The Hall–Kier alpha value is -2.04. The minimum Gasteiger partial charge on any atom is -0.492 e. The number of rotatable bonds is 5. The Bertz CT molecular complexity index is 428. The first-order valence-corrected chi connectivity index (χ1v) is 5.06. The molecule has 16 heavy (non-hydrogen) atoms. The van der Waals surface area contributed by atoms with Gasteiger partial charge >= 0.3 is 6.01 Å². The maximum atomic E-state index is 5.48. The van der Waals surface area contributed by atoms with E-state index >= 15 is 0 Å². The highest BCUT2D eigenvalue weighted by Crippen LogP contribution is 2.08. The summed E-state index contributed by atoms with van der Waals surface area (Å²) in [5.74, 6) is 1.47. The van der Waals surface area contributed by atoms with E-state index in [1.165, 1.54) is 0 Å². The smallest absolute Gasteiger partial charge is 0.321 e. The van der Waals surface area contributed by atoms with Crippen LogP contribution in [0.4, 0.5) is 6.01 Å². The molecule has 1 N–H and O–H groups in total. The summed E-state index contributed by atoms with van der Waals surface area (Å²) in [5, 5.41) is 6.63. The van der Waals surface area contributed by atoms with Crippen LogP contribution in [0.5, 0.6) is 5.75 Å². The third kappa shape index (κ3) is 2.98. The Kier molecular flexibility index (Phi) is 3.38. The molecule has 0 saturated heterocycles. The fourth-order valence-corrected chi connectivity index (χ4v) is 1.21. The van der Waals surface area contributed by atoms with Gasteiger partial charge in [-0.05, 0) is 19.1 Å². The quantitative estimate of drug-likeness (QED) is 0.778. The van der Waals surface area contributed by atoms with Crippen LogP contribution in [0, 0.1) is 6.92 Å². The van der Waals surface area contributed by atoms with Crippen molar-refractivity contribution in [3.8, 4) is 5.75 Å². The van der Waals surface area contributed by atoms with Crippen LogP contribution >= 0.6 is 0 Å². The van der Waals surface area contributed by atoms with Crippen LogP contribution in [0.25, 0.3) is 0 Å². The predicted molar refractivity (Wildman–Crippen MR) is 59.5 cm³/mol. The number of para-hydroxylation sites is 1. The summed E-state index contributed by atoms with van der Waals surface area (Å²) in [6.45, 7) is 2.94. The Morgan fingerprint density at radius 1 is 1.31 bits per heavy atom. The Balaban J connectivity index is 1.69. The summed E-state index contributed by atoms with van der Waals surface area (Å²) in [4.78, 5) is 4.01. The average Bonchev–Trinajstić information content (AvgIpc) is 2.72. The van der Waals surface area contributed by atoms with Gasteiger partial charge in [0.15, 0.2) is 5.82 Å². The molecule has 5 nitrogen and oxygen atoms in total. The van der Waals surface area contributed by atoms with Gasteiger partial charge in [0.1, 0.15) is 12.4 Å². The molecule has 0 saturated carbocycles. The van der Waals surface area contributed by atoms with Gasteiger partial charge in [-0.2, -0.15) is 4.98 Å². The van der Waals surface area contributed by atoms with E-state index in [9.17, 15) is 0 Å². The summed E-state index contributed by atoms with van der Waals surface area (Å²) >= 11 is 0. The number of benzene rings is 1. The lowest BCUT2D eigenvalue weighted by Crippen LogP contribution is -2.11. The van der Waals surface area contributed by atoms with E-state index in [1.807, 2.05) is 30.3 Å². The molecule has 0 aliphatic carbocycles. The van der Waals surface area contributed by atoms with Crippen molar-refractivity contribution in [2.45, 2.75) is 6.92 Å². The average molecular weight is 219 g/mol. The number of anilines is 1. The molecule has 0 atom stereocenters. The van der Waals surface area contributed by atoms with E-state index in [0.717, 1.165) is 5.75 Å². The van der Waals surface area contributed by atoms with Crippen molar-refractivity contribution in [1.29, 1.82) is 0 Å². The van der Waals surface area contributed by atoms with E-state index in [-0.39, 0.29) is 0 Å². The molecule has 0 aliphatic rings. The molecular formula is C11H13N3O2. The maximum Gasteiger partial charge on any atom is 0.321 e. The second-order valence-corrected chi connectivity index (χ2v) is 3.24. The third-order valence-corrected chi connectivity index (χ3v) is 1.92. The summed E-state index contributed by atoms with van der Waals surface area (Å²) < 4.78 is 10.4. The number of hydrogen-bond donors (Lipinski definition) is 1. The lowest BCUT2D eigenvalue weighted by molar-refractivity contribution is 0.330. The van der Waals surface area contributed by atoms with E-state index in [0.29, 0.717) is 25.0 Å². The summed E-state index contributed by atoms with van der Waals surface area (Å²) in [6, 6.07) is 10.1. The molecule has 0 bridgehead atoms. The zero-order valence-corrected chi connectivity index (χ0v) is 9.01. The van der Waals surface area contributed by atoms with Gasteiger partial charge in [-0.1, -0.05) is 23.4 Å². The largest absolute Gasteiger partial charge is 0.492 e. The van der Waals surface area contributed by atoms with Crippen LogP contribution in [0.3, 0.4) is 0 Å². The highest BCUT2D eigenvalue weighted by molar-refractivity contribution is 5.21. The lowest BCUT2D eigenvalue weighted by atomic mass is 10.3. The van der Waals surface area contributed by atoms with Gasteiger partial charge in [-0.25, -0.2) is 0 Å². The van der Waals surface area contributed by atoms with E-state index in [4.69, 9.17) is 9.26 Å². The number of ether oxygens (including phenoxy) is 1. The Labute approximate surface area is 93.4 Å². The molecule has 0 fully saturated rings. The molecule has 2 aromatic rings. The standard InChI is InChI=1S/C11H13N3O2/c1-9-13-11(16-14-9)12-7-8-15-10-5-3-2-4-6-10/h2-6H,7-8H2,1H3,(H,12,13,14). The van der Waals surface area contributed by atoms with Crippen molar-refractivity contribution in [2.24, 2.45) is 0 Å². The van der Waals surface area contributed by atoms with E-state index in [1.54, 1.807) is 6.92 Å². The second-order valence-electron chi connectivity index (χ2n) is 3.24. The number of hydrogen-bond acceptors (Lipinski definition) is 5. The number of aromatic nitrogens is 2. The molecular weight excluding hydrogens is 206 g/mol. The predicted octanol–water partition coefficient (Wildman–Crippen LogP) is 1.87. The van der Waals surface area contributed by atoms with Crippen LogP contribution in [0.1, 0.15) is 5.82 Å². The minimum absolute atomic E-state index is 0.425. The van der Waals surface area contributed by atoms with Gasteiger partial charge < -0.3 is 14.6 Å². The minimum atomic E-state index is 0.425. The van der Waals surface area contributed by atoms with Crippen molar-refractivity contribution < 1.29 is 9.26 Å². The number of aryl methyl sites for hydroxylation is 1. The normalized spacial score (nSPS) is 10.1. The number of nitrogens with one attached hydrogen (secondary N) is 1. The van der Waals surface area contributed by atoms with E-state index < -0.39 is 0 Å². The van der Waals surface area contributed by atoms with Gasteiger partial charge in [0.2, 0.25) is 0 Å². The summed E-state index contributed by atoms with van der Waals surface area (Å²) in [7, 11) is 0. The summed E-state index contributed by atoms with van der Waals surface area (Å²) in [5.41, 5.74) is 0. The molecule has 5 heteroatoms. The van der Waals surface area contributed by atoms with Crippen molar-refractivity contribution in [3.63, 3.8) is 0 Å². The van der Waals surface area contributed by atoms with Crippen LogP contribution < -0.4 is 10.1 Å². The fraction of sp³-hybridized carbons (Fsp3) is 0.273. The molecule has 0 unspecified atom stereocenters. The van der Waals surface area contributed by atoms with Gasteiger partial charge in [-0.3, -0.25) is 0 Å². The SMILES string of the molecule is Cc1noc(NCCOc2ccccc2)n1. The van der Waals surface area contributed by atoms with Gasteiger partial charge in [0.05, 0.1) is 6.54 Å². The van der Waals surface area contributed by atoms with Crippen LogP contribution in [0.2, 0.25) is 0 Å². The van der Waals surface area contributed by atoms with E-state index in [2.05, 4.69) is 15.5 Å². The van der Waals surface area contributed by atoms with Gasteiger partial charge in [0.25, 0.3) is 0 Å². The van der Waals surface area contributed by atoms with Crippen molar-refractivity contribution in [1.82, 2.24) is 10.1 Å². The van der Waals surface area contributed by atoms with Gasteiger partial charge in [0, 0.05) is 0 Å².